The van der Waals surface area contributed by atoms with Crippen LogP contribution in [0.25, 0.3) is 0 Å². The van der Waals surface area contributed by atoms with Crippen LogP contribution in [0, 0.1) is 5.92 Å². The molecule has 0 heterocycles. The first-order valence-electron chi connectivity index (χ1n) is 4.28. The molecule has 0 amide bonds. The molecule has 0 aromatic heterocycles. The summed E-state index contributed by atoms with van der Waals surface area (Å²) in [4.78, 5) is 0. The standard InChI is InChI=1S/C11H15/c1-3-10(4-2)11-8-6-5-7-9-11/h5-9H,3-4H2,1-2H3. The second kappa shape index (κ2) is 4.17. The molecule has 0 heteroatoms. The zero-order chi connectivity index (χ0) is 8.10. The van der Waals surface area contributed by atoms with E-state index >= 15 is 0 Å². The van der Waals surface area contributed by atoms with E-state index in [0.717, 1.165) is 0 Å². The molecule has 0 aliphatic carbocycles. The Morgan fingerprint density at radius 3 is 2.00 bits per heavy atom. The van der Waals surface area contributed by atoms with Crippen molar-refractivity contribution in [3.8, 4) is 0 Å². The van der Waals surface area contributed by atoms with Crippen LogP contribution in [0.5, 0.6) is 0 Å². The summed E-state index contributed by atoms with van der Waals surface area (Å²) in [7, 11) is 0. The van der Waals surface area contributed by atoms with E-state index in [4.69, 9.17) is 0 Å². The van der Waals surface area contributed by atoms with Crippen LogP contribution in [-0.4, -0.2) is 0 Å². The maximum absolute atomic E-state index is 2.21. The Morgan fingerprint density at radius 1 is 1.00 bits per heavy atom. The Hall–Kier alpha value is -0.780. The number of rotatable bonds is 3. The molecule has 1 aromatic rings. The van der Waals surface area contributed by atoms with Gasteiger partial charge in [-0.2, -0.15) is 0 Å². The second-order valence-electron chi connectivity index (χ2n) is 2.68. The van der Waals surface area contributed by atoms with Gasteiger partial charge in [0.25, 0.3) is 0 Å². The molecule has 0 N–H and O–H groups in total. The van der Waals surface area contributed by atoms with Crippen molar-refractivity contribution in [2.75, 3.05) is 0 Å². The molecular weight excluding hydrogens is 132 g/mol. The Balaban J connectivity index is 2.74. The molecule has 59 valence electrons. The van der Waals surface area contributed by atoms with Crippen molar-refractivity contribution in [2.45, 2.75) is 26.7 Å². The summed E-state index contributed by atoms with van der Waals surface area (Å²) in [5.74, 6) is 1.55. The van der Waals surface area contributed by atoms with E-state index in [1.807, 2.05) is 0 Å². The van der Waals surface area contributed by atoms with Crippen LogP contribution in [0.4, 0.5) is 0 Å². The van der Waals surface area contributed by atoms with Crippen LogP contribution < -0.4 is 0 Å². The maximum atomic E-state index is 2.21. The largest absolute Gasteiger partial charge is 0.0645 e. The number of hydrogen-bond acceptors (Lipinski definition) is 0. The lowest BCUT2D eigenvalue weighted by atomic mass is 9.94. The third-order valence-corrected chi connectivity index (χ3v) is 2.04. The molecule has 0 saturated carbocycles. The summed E-state index contributed by atoms with van der Waals surface area (Å²) in [6, 6.07) is 10.6. The van der Waals surface area contributed by atoms with E-state index in [-0.39, 0.29) is 0 Å². The fourth-order valence-corrected chi connectivity index (χ4v) is 1.33. The van der Waals surface area contributed by atoms with E-state index < -0.39 is 0 Å². The summed E-state index contributed by atoms with van der Waals surface area (Å²) < 4.78 is 0. The minimum Gasteiger partial charge on any atom is -0.0645 e. The van der Waals surface area contributed by atoms with E-state index in [2.05, 4.69) is 44.2 Å². The highest BCUT2D eigenvalue weighted by Gasteiger charge is 2.04. The third-order valence-electron chi connectivity index (χ3n) is 2.04. The monoisotopic (exact) mass is 147 g/mol. The average Bonchev–Trinajstić information content (AvgIpc) is 2.09. The molecule has 0 nitrogen and oxygen atoms in total. The van der Waals surface area contributed by atoms with Gasteiger partial charge >= 0.3 is 0 Å². The fraction of sp³-hybridized carbons (Fsp3) is 0.364. The highest BCUT2D eigenvalue weighted by molar-refractivity contribution is 5.29. The van der Waals surface area contributed by atoms with Gasteiger partial charge in [0.1, 0.15) is 0 Å². The minimum absolute atomic E-state index is 1.17. The first-order valence-corrected chi connectivity index (χ1v) is 4.28. The summed E-state index contributed by atoms with van der Waals surface area (Å²) in [6.45, 7) is 4.43. The van der Waals surface area contributed by atoms with Gasteiger partial charge in [0.05, 0.1) is 0 Å². The predicted molar refractivity (Wildman–Crippen MR) is 49.4 cm³/mol. The minimum atomic E-state index is 1.17. The Bertz CT molecular complexity index is 184. The van der Waals surface area contributed by atoms with Gasteiger partial charge in [0, 0.05) is 5.92 Å². The molecule has 11 heavy (non-hydrogen) atoms. The number of hydrogen-bond donors (Lipinski definition) is 0. The predicted octanol–water partition coefficient (Wildman–Crippen LogP) is 3.43. The summed E-state index contributed by atoms with van der Waals surface area (Å²) in [5.41, 5.74) is 1.40. The molecule has 0 aliphatic rings. The fourth-order valence-electron chi connectivity index (χ4n) is 1.33. The molecule has 0 saturated heterocycles. The molecule has 0 fully saturated rings. The Morgan fingerprint density at radius 2 is 1.55 bits per heavy atom. The van der Waals surface area contributed by atoms with Gasteiger partial charge in [0.15, 0.2) is 0 Å². The van der Waals surface area contributed by atoms with Crippen molar-refractivity contribution in [1.82, 2.24) is 0 Å². The molecule has 1 rings (SSSR count). The molecule has 0 bridgehead atoms. The first kappa shape index (κ1) is 8.32. The van der Waals surface area contributed by atoms with Crippen molar-refractivity contribution < 1.29 is 0 Å². The van der Waals surface area contributed by atoms with Gasteiger partial charge in [-0.3, -0.25) is 0 Å². The van der Waals surface area contributed by atoms with Crippen molar-refractivity contribution in [2.24, 2.45) is 0 Å². The van der Waals surface area contributed by atoms with Crippen molar-refractivity contribution in [3.63, 3.8) is 0 Å². The van der Waals surface area contributed by atoms with E-state index in [9.17, 15) is 0 Å². The van der Waals surface area contributed by atoms with Crippen LogP contribution in [0.3, 0.4) is 0 Å². The van der Waals surface area contributed by atoms with Crippen LogP contribution in [0.15, 0.2) is 30.3 Å². The van der Waals surface area contributed by atoms with Crippen molar-refractivity contribution >= 4 is 0 Å². The summed E-state index contributed by atoms with van der Waals surface area (Å²) >= 11 is 0. The Kier molecular flexibility index (Phi) is 3.15. The molecular formula is C11H15. The highest BCUT2D eigenvalue weighted by atomic mass is 14.1. The summed E-state index contributed by atoms with van der Waals surface area (Å²) in [5, 5.41) is 0. The highest BCUT2D eigenvalue weighted by Crippen LogP contribution is 2.20. The third kappa shape index (κ3) is 2.07. The normalized spacial score (nSPS) is 10.5. The van der Waals surface area contributed by atoms with Gasteiger partial charge in [-0.25, -0.2) is 0 Å². The quantitative estimate of drug-likeness (QED) is 0.614. The van der Waals surface area contributed by atoms with E-state index in [1.54, 1.807) is 5.92 Å². The second-order valence-corrected chi connectivity index (χ2v) is 2.68. The Labute approximate surface area is 69.3 Å². The van der Waals surface area contributed by atoms with Crippen LogP contribution in [-0.2, 0) is 0 Å². The summed E-state index contributed by atoms with van der Waals surface area (Å²) in [6.07, 6.45) is 2.33. The van der Waals surface area contributed by atoms with Gasteiger partial charge in [-0.05, 0) is 18.4 Å². The van der Waals surface area contributed by atoms with Gasteiger partial charge in [-0.1, -0.05) is 44.2 Å². The zero-order valence-corrected chi connectivity index (χ0v) is 7.30. The van der Waals surface area contributed by atoms with Crippen LogP contribution >= 0.6 is 0 Å². The molecule has 1 aromatic carbocycles. The topological polar surface area (TPSA) is 0 Å². The van der Waals surface area contributed by atoms with Crippen molar-refractivity contribution in [3.05, 3.63) is 41.8 Å². The van der Waals surface area contributed by atoms with Gasteiger partial charge in [0.2, 0.25) is 0 Å². The molecule has 0 aliphatic heterocycles. The SMILES string of the molecule is CC[C](CC)c1ccccc1. The van der Waals surface area contributed by atoms with E-state index in [1.165, 1.54) is 18.4 Å². The van der Waals surface area contributed by atoms with Gasteiger partial charge in [-0.15, -0.1) is 0 Å². The maximum Gasteiger partial charge on any atom is 0.00443 e. The molecule has 0 spiro atoms. The van der Waals surface area contributed by atoms with Crippen LogP contribution in [0.2, 0.25) is 0 Å². The molecule has 0 atom stereocenters. The first-order chi connectivity index (χ1) is 5.38. The lowest BCUT2D eigenvalue weighted by molar-refractivity contribution is 0.850. The molecule has 0 unspecified atom stereocenters. The lowest BCUT2D eigenvalue weighted by Gasteiger charge is -2.10. The average molecular weight is 147 g/mol. The molecule has 1 radical (unpaired) electrons. The van der Waals surface area contributed by atoms with Crippen molar-refractivity contribution in [1.29, 1.82) is 0 Å². The zero-order valence-electron chi connectivity index (χ0n) is 7.30. The van der Waals surface area contributed by atoms with E-state index in [0.29, 0.717) is 0 Å². The lowest BCUT2D eigenvalue weighted by Crippen LogP contribution is -1.94. The smallest absolute Gasteiger partial charge is 0.00443 e. The van der Waals surface area contributed by atoms with Gasteiger partial charge < -0.3 is 0 Å². The number of benzene rings is 1. The van der Waals surface area contributed by atoms with Crippen LogP contribution in [0.1, 0.15) is 32.3 Å².